The Hall–Kier alpha value is -0.500. The number of aromatic nitrogens is 1. The molecular formula is C9H15BrN2O3S. The van der Waals surface area contributed by atoms with Gasteiger partial charge in [-0.05, 0) is 5.56 Å². The Morgan fingerprint density at radius 2 is 1.94 bits per heavy atom. The Bertz CT molecular complexity index is 405. The lowest BCUT2D eigenvalue weighted by atomic mass is 10.3. The van der Waals surface area contributed by atoms with Crippen molar-refractivity contribution in [1.29, 1.82) is 0 Å². The van der Waals surface area contributed by atoms with Crippen LogP contribution in [0, 0.1) is 0 Å². The monoisotopic (exact) mass is 310 g/mol. The third-order valence-corrected chi connectivity index (χ3v) is 2.61. The van der Waals surface area contributed by atoms with Gasteiger partial charge < -0.3 is 22.1 Å². The van der Waals surface area contributed by atoms with Crippen LogP contribution in [0.4, 0.5) is 0 Å². The second kappa shape index (κ2) is 6.95. The predicted molar refractivity (Wildman–Crippen MR) is 55.4 cm³/mol. The topological polar surface area (TPSA) is 70.3 Å². The van der Waals surface area contributed by atoms with Crippen LogP contribution >= 0.6 is 0 Å². The first-order chi connectivity index (χ1) is 7.01. The van der Waals surface area contributed by atoms with E-state index in [0.29, 0.717) is 13.1 Å². The smallest absolute Gasteiger partial charge is 0.208 e. The number of pyridine rings is 1. The van der Waals surface area contributed by atoms with E-state index >= 15 is 0 Å². The fourth-order valence-electron chi connectivity index (χ4n) is 1.10. The van der Waals surface area contributed by atoms with Gasteiger partial charge in [0.2, 0.25) is 10.0 Å². The number of hydrogen-bond donors (Lipinski definition) is 2. The molecule has 5 nitrogen and oxygen atoms in total. The third-order valence-electron chi connectivity index (χ3n) is 1.88. The highest BCUT2D eigenvalue weighted by Gasteiger charge is 2.03. The van der Waals surface area contributed by atoms with Crippen molar-refractivity contribution in [2.24, 2.45) is 0 Å². The maximum absolute atomic E-state index is 10.8. The van der Waals surface area contributed by atoms with E-state index in [0.717, 1.165) is 11.8 Å². The van der Waals surface area contributed by atoms with Gasteiger partial charge in [0, 0.05) is 12.1 Å². The summed E-state index contributed by atoms with van der Waals surface area (Å²) >= 11 is 0. The molecule has 7 heteroatoms. The van der Waals surface area contributed by atoms with E-state index < -0.39 is 10.0 Å². The Balaban J connectivity index is 0.00000225. The van der Waals surface area contributed by atoms with Crippen LogP contribution in [0.2, 0.25) is 0 Å². The van der Waals surface area contributed by atoms with Gasteiger partial charge >= 0.3 is 0 Å². The largest absolute Gasteiger partial charge is 1.00 e. The van der Waals surface area contributed by atoms with Crippen molar-refractivity contribution >= 4 is 10.0 Å². The first-order valence-corrected chi connectivity index (χ1v) is 6.44. The van der Waals surface area contributed by atoms with Gasteiger partial charge in [-0.3, -0.25) is 0 Å². The molecule has 0 unspecified atom stereocenters. The number of nitrogens with one attached hydrogen (secondary N) is 1. The number of aliphatic hydroxyl groups is 1. The number of rotatable bonds is 5. The van der Waals surface area contributed by atoms with Gasteiger partial charge in [-0.2, -0.15) is 0 Å². The molecule has 1 heterocycles. The Labute approximate surface area is 106 Å². The van der Waals surface area contributed by atoms with Crippen molar-refractivity contribution in [2.45, 2.75) is 13.2 Å². The van der Waals surface area contributed by atoms with Crippen LogP contribution in [-0.4, -0.2) is 26.3 Å². The van der Waals surface area contributed by atoms with E-state index in [1.54, 1.807) is 24.5 Å². The van der Waals surface area contributed by atoms with Crippen molar-refractivity contribution < 1.29 is 35.1 Å². The van der Waals surface area contributed by atoms with E-state index in [1.165, 1.54) is 0 Å². The summed E-state index contributed by atoms with van der Waals surface area (Å²) in [5.74, 6) is 0. The number of sulfonamides is 1. The lowest BCUT2D eigenvalue weighted by Crippen LogP contribution is -3.00. The molecule has 0 spiro atoms. The molecule has 0 saturated heterocycles. The standard InChI is InChI=1S/C9H15N2O3S.BrH/c1-15(13,14)10-4-7-11-5-2-9(8-12)3-6-11;/h2-3,5-6,10,12H,4,7-8H2,1H3;1H/q+1;/p-1. The van der Waals surface area contributed by atoms with Gasteiger partial charge in [0.1, 0.15) is 0 Å². The van der Waals surface area contributed by atoms with Crippen LogP contribution in [0.25, 0.3) is 0 Å². The van der Waals surface area contributed by atoms with E-state index in [2.05, 4.69) is 4.72 Å². The molecule has 0 radical (unpaired) electrons. The second-order valence-electron chi connectivity index (χ2n) is 3.27. The highest BCUT2D eigenvalue weighted by molar-refractivity contribution is 7.88. The average Bonchev–Trinajstić information content (AvgIpc) is 2.17. The summed E-state index contributed by atoms with van der Waals surface area (Å²) in [4.78, 5) is 0. The minimum Gasteiger partial charge on any atom is -1.00 e. The molecule has 0 aliphatic rings. The first kappa shape index (κ1) is 15.5. The first-order valence-electron chi connectivity index (χ1n) is 4.55. The number of hydrogen-bond acceptors (Lipinski definition) is 3. The Morgan fingerprint density at radius 1 is 1.38 bits per heavy atom. The fraction of sp³-hybridized carbons (Fsp3) is 0.444. The highest BCUT2D eigenvalue weighted by atomic mass is 79.9. The average molecular weight is 311 g/mol. The SMILES string of the molecule is CS(=O)(=O)NCC[n+]1ccc(CO)cc1.[Br-]. The molecule has 0 saturated carbocycles. The molecule has 1 rings (SSSR count). The molecule has 16 heavy (non-hydrogen) atoms. The molecule has 1 aromatic rings. The van der Waals surface area contributed by atoms with E-state index in [-0.39, 0.29) is 23.6 Å². The maximum Gasteiger partial charge on any atom is 0.208 e. The molecule has 1 aromatic heterocycles. The minimum atomic E-state index is -3.11. The lowest BCUT2D eigenvalue weighted by Gasteiger charge is -1.99. The summed E-state index contributed by atoms with van der Waals surface area (Å²) in [5.41, 5.74) is 0.835. The molecule has 92 valence electrons. The van der Waals surface area contributed by atoms with Crippen molar-refractivity contribution in [2.75, 3.05) is 12.8 Å². The summed E-state index contributed by atoms with van der Waals surface area (Å²) in [6.07, 6.45) is 4.73. The van der Waals surface area contributed by atoms with Crippen LogP contribution in [0.15, 0.2) is 24.5 Å². The van der Waals surface area contributed by atoms with Crippen LogP contribution in [0.3, 0.4) is 0 Å². The van der Waals surface area contributed by atoms with Gasteiger partial charge in [0.05, 0.1) is 19.4 Å². The summed E-state index contributed by atoms with van der Waals surface area (Å²) in [6.45, 7) is 0.948. The summed E-state index contributed by atoms with van der Waals surface area (Å²) in [5, 5.41) is 8.81. The zero-order chi connectivity index (χ0) is 11.3. The summed E-state index contributed by atoms with van der Waals surface area (Å²) in [7, 11) is -3.11. The minimum absolute atomic E-state index is 0. The van der Waals surface area contributed by atoms with Crippen LogP contribution in [0.5, 0.6) is 0 Å². The molecule has 2 N–H and O–H groups in total. The third kappa shape index (κ3) is 6.16. The van der Waals surface area contributed by atoms with Gasteiger partial charge in [-0.25, -0.2) is 17.7 Å². The fourth-order valence-corrected chi connectivity index (χ4v) is 1.56. The molecule has 0 aliphatic heterocycles. The molecule has 0 fully saturated rings. The van der Waals surface area contributed by atoms with Gasteiger partial charge in [0.25, 0.3) is 0 Å². The van der Waals surface area contributed by atoms with Crippen molar-refractivity contribution in [1.82, 2.24) is 4.72 Å². The molecular weight excluding hydrogens is 296 g/mol. The second-order valence-corrected chi connectivity index (χ2v) is 5.10. The van der Waals surface area contributed by atoms with Gasteiger partial charge in [-0.1, -0.05) is 0 Å². The van der Waals surface area contributed by atoms with Gasteiger partial charge in [-0.15, -0.1) is 0 Å². The predicted octanol–water partition coefficient (Wildman–Crippen LogP) is -3.98. The Kier molecular flexibility index (Phi) is 6.73. The highest BCUT2D eigenvalue weighted by Crippen LogP contribution is 1.92. The van der Waals surface area contributed by atoms with E-state index in [4.69, 9.17) is 5.11 Å². The zero-order valence-corrected chi connectivity index (χ0v) is 11.3. The molecule has 0 atom stereocenters. The lowest BCUT2D eigenvalue weighted by molar-refractivity contribution is -0.694. The molecule has 0 aliphatic carbocycles. The van der Waals surface area contributed by atoms with Crippen LogP contribution in [-0.2, 0) is 23.2 Å². The normalized spacial score (nSPS) is 10.9. The van der Waals surface area contributed by atoms with Crippen LogP contribution in [0.1, 0.15) is 5.56 Å². The summed E-state index contributed by atoms with van der Waals surface area (Å²) < 4.78 is 25.8. The summed E-state index contributed by atoms with van der Waals surface area (Å²) in [6, 6.07) is 3.58. The zero-order valence-electron chi connectivity index (χ0n) is 8.93. The Morgan fingerprint density at radius 3 is 2.38 bits per heavy atom. The molecule has 0 aromatic carbocycles. The quantitative estimate of drug-likeness (QED) is 0.545. The molecule has 0 amide bonds. The van der Waals surface area contributed by atoms with Crippen LogP contribution < -0.4 is 26.3 Å². The maximum atomic E-state index is 10.8. The van der Waals surface area contributed by atoms with Gasteiger partial charge in [0.15, 0.2) is 18.9 Å². The van der Waals surface area contributed by atoms with Crippen molar-refractivity contribution in [3.05, 3.63) is 30.1 Å². The number of aliphatic hydroxyl groups excluding tert-OH is 1. The van der Waals surface area contributed by atoms with E-state index in [1.807, 2.05) is 4.57 Å². The van der Waals surface area contributed by atoms with Crippen molar-refractivity contribution in [3.8, 4) is 0 Å². The van der Waals surface area contributed by atoms with Crippen molar-refractivity contribution in [3.63, 3.8) is 0 Å². The number of halogens is 1. The molecule has 0 bridgehead atoms. The van der Waals surface area contributed by atoms with E-state index in [9.17, 15) is 8.42 Å². The number of nitrogens with zero attached hydrogens (tertiary/aromatic N) is 1.